The number of rotatable bonds is 2. The Morgan fingerprint density at radius 2 is 1.94 bits per heavy atom. The van der Waals surface area contributed by atoms with Crippen LogP contribution in [0.25, 0.3) is 11.0 Å². The summed E-state index contributed by atoms with van der Waals surface area (Å²) < 4.78 is 4.12. The van der Waals surface area contributed by atoms with Crippen molar-refractivity contribution < 1.29 is 22.2 Å². The summed E-state index contributed by atoms with van der Waals surface area (Å²) in [5.41, 5.74) is -2.29. The SMILES string of the molecule is O=[N+]([O-])c1ccc2c(no[n+]2[O-])c1[N+](=O)[O-].[Ca+2].[H-].[H-]. The molecule has 0 aliphatic carbocycles. The summed E-state index contributed by atoms with van der Waals surface area (Å²) in [4.78, 5) is 19.2. The van der Waals surface area contributed by atoms with Crippen molar-refractivity contribution in [1.29, 1.82) is 0 Å². The molecule has 11 heteroatoms. The Labute approximate surface area is 125 Å². The molecule has 0 bridgehead atoms. The first-order valence-electron chi connectivity index (χ1n) is 3.83. The van der Waals surface area contributed by atoms with E-state index in [4.69, 9.17) is 0 Å². The van der Waals surface area contributed by atoms with Crippen LogP contribution in [0.5, 0.6) is 0 Å². The summed E-state index contributed by atoms with van der Waals surface area (Å²) in [5.74, 6) is 0. The Hall–Kier alpha value is -1.52. The molecule has 0 spiro atoms. The molecule has 0 amide bonds. The fraction of sp³-hybridized carbons (Fsp3) is 0. The fourth-order valence-electron chi connectivity index (χ4n) is 1.24. The molecule has 0 N–H and O–H groups in total. The van der Waals surface area contributed by atoms with E-state index in [0.29, 0.717) is 0 Å². The third kappa shape index (κ3) is 2.14. The van der Waals surface area contributed by atoms with Gasteiger partial charge in [-0.2, -0.15) is 0 Å². The minimum Gasteiger partial charge on any atom is -1.00 e. The Kier molecular flexibility index (Phi) is 3.80. The zero-order chi connectivity index (χ0) is 11.9. The summed E-state index contributed by atoms with van der Waals surface area (Å²) in [5, 5.41) is 35.2. The van der Waals surface area contributed by atoms with Gasteiger partial charge < -0.3 is 8.06 Å². The van der Waals surface area contributed by atoms with Gasteiger partial charge in [-0.25, -0.2) is 0 Å². The standard InChI is InChI=1S/C6H2N4O6.Ca.2H/c11-8(12)4-2-1-3-5(6(4)9(13)14)7-16-10(3)15;;;/h1-2H;;;/q;+2;2*-1. The normalized spacial score (nSPS) is 9.88. The van der Waals surface area contributed by atoms with E-state index in [-0.39, 0.29) is 51.0 Å². The molecule has 0 unspecified atom stereocenters. The van der Waals surface area contributed by atoms with E-state index in [9.17, 15) is 25.4 Å². The quantitative estimate of drug-likeness (QED) is 0.326. The predicted molar refractivity (Wildman–Crippen MR) is 54.3 cm³/mol. The van der Waals surface area contributed by atoms with Gasteiger partial charge >= 0.3 is 54.6 Å². The first-order chi connectivity index (χ1) is 7.52. The molecule has 10 nitrogen and oxygen atoms in total. The van der Waals surface area contributed by atoms with Crippen LogP contribution in [0.1, 0.15) is 2.85 Å². The number of fused-ring (bicyclic) bond motifs is 1. The minimum absolute atomic E-state index is 0. The Morgan fingerprint density at radius 3 is 2.47 bits per heavy atom. The molecule has 1 aromatic heterocycles. The van der Waals surface area contributed by atoms with Gasteiger partial charge in [0.2, 0.25) is 5.52 Å². The molecule has 0 saturated carbocycles. The van der Waals surface area contributed by atoms with Crippen LogP contribution >= 0.6 is 0 Å². The molecule has 2 rings (SSSR count). The molecule has 1 heterocycles. The van der Waals surface area contributed by atoms with E-state index < -0.39 is 26.7 Å². The predicted octanol–water partition coefficient (Wildman–Crippen LogP) is 0.122. The first kappa shape index (κ1) is 13.5. The number of benzene rings is 1. The molecule has 86 valence electrons. The van der Waals surface area contributed by atoms with Crippen molar-refractivity contribution in [1.82, 2.24) is 5.16 Å². The molecular weight excluding hydrogens is 264 g/mol. The van der Waals surface area contributed by atoms with Crippen molar-refractivity contribution in [3.63, 3.8) is 0 Å². The fourth-order valence-corrected chi connectivity index (χ4v) is 1.24. The van der Waals surface area contributed by atoms with Gasteiger partial charge in [-0.05, 0) is 4.90 Å². The number of nitro groups is 2. The van der Waals surface area contributed by atoms with Crippen LogP contribution in [0.15, 0.2) is 16.8 Å². The average Bonchev–Trinajstić information content (AvgIpc) is 2.58. The number of nitrogens with zero attached hydrogens (tertiary/aromatic N) is 4. The van der Waals surface area contributed by atoms with Crippen LogP contribution in [0, 0.1) is 25.4 Å². The zero-order valence-corrected chi connectivity index (χ0v) is 10.3. The number of hydrogen-bond donors (Lipinski definition) is 0. The van der Waals surface area contributed by atoms with Gasteiger partial charge in [0, 0.05) is 12.1 Å². The molecule has 2 aromatic rings. The van der Waals surface area contributed by atoms with Gasteiger partial charge in [0.05, 0.1) is 15.0 Å². The monoisotopic (exact) mass is 268 g/mol. The molecule has 0 saturated heterocycles. The molecule has 0 atom stereocenters. The first-order valence-corrected chi connectivity index (χ1v) is 3.83. The Balaban J connectivity index is 0. The van der Waals surface area contributed by atoms with E-state index in [2.05, 4.69) is 9.79 Å². The third-order valence-corrected chi connectivity index (χ3v) is 1.89. The second kappa shape index (κ2) is 4.77. The van der Waals surface area contributed by atoms with Crippen LogP contribution in [0.3, 0.4) is 0 Å². The van der Waals surface area contributed by atoms with E-state index in [1.807, 2.05) is 0 Å². The largest absolute Gasteiger partial charge is 2.00 e. The summed E-state index contributed by atoms with van der Waals surface area (Å²) >= 11 is 0. The van der Waals surface area contributed by atoms with Gasteiger partial charge in [0.1, 0.15) is 0 Å². The van der Waals surface area contributed by atoms with Gasteiger partial charge in [0.25, 0.3) is 0 Å². The second-order valence-electron chi connectivity index (χ2n) is 2.75. The molecular formula is C6H4CaN4O6. The van der Waals surface area contributed by atoms with E-state index in [1.165, 1.54) is 0 Å². The van der Waals surface area contributed by atoms with Crippen LogP contribution in [0.4, 0.5) is 11.4 Å². The second-order valence-corrected chi connectivity index (χ2v) is 2.75. The van der Waals surface area contributed by atoms with Gasteiger partial charge in [-0.15, -0.1) is 0 Å². The van der Waals surface area contributed by atoms with Gasteiger partial charge in [-0.3, -0.25) is 24.9 Å². The zero-order valence-electron chi connectivity index (χ0n) is 10.1. The minimum atomic E-state index is -0.983. The van der Waals surface area contributed by atoms with Crippen molar-refractivity contribution in [3.8, 4) is 0 Å². The van der Waals surface area contributed by atoms with E-state index in [0.717, 1.165) is 12.1 Å². The maximum Gasteiger partial charge on any atom is 2.00 e. The number of hydrogen-bond acceptors (Lipinski definition) is 7. The molecule has 17 heavy (non-hydrogen) atoms. The van der Waals surface area contributed by atoms with Crippen molar-refractivity contribution in [2.75, 3.05) is 0 Å². The van der Waals surface area contributed by atoms with Crippen molar-refractivity contribution in [2.45, 2.75) is 0 Å². The van der Waals surface area contributed by atoms with Crippen LogP contribution < -0.4 is 4.90 Å². The molecule has 0 fully saturated rings. The van der Waals surface area contributed by atoms with Crippen LogP contribution in [0.2, 0.25) is 0 Å². The van der Waals surface area contributed by atoms with E-state index >= 15 is 0 Å². The summed E-state index contributed by atoms with van der Waals surface area (Å²) in [6.07, 6.45) is 0. The van der Waals surface area contributed by atoms with Crippen LogP contribution in [-0.2, 0) is 0 Å². The van der Waals surface area contributed by atoms with Crippen molar-refractivity contribution in [2.24, 2.45) is 0 Å². The molecule has 1 aromatic carbocycles. The number of aromatic nitrogens is 2. The van der Waals surface area contributed by atoms with Gasteiger partial charge in [0.15, 0.2) is 0 Å². The van der Waals surface area contributed by atoms with Crippen molar-refractivity contribution >= 4 is 60.1 Å². The summed E-state index contributed by atoms with van der Waals surface area (Å²) in [6, 6.07) is 1.88. The van der Waals surface area contributed by atoms with Crippen molar-refractivity contribution in [3.05, 3.63) is 37.6 Å². The maximum atomic E-state index is 10.9. The topological polar surface area (TPSA) is 139 Å². The summed E-state index contributed by atoms with van der Waals surface area (Å²) in [6.45, 7) is 0. The average molecular weight is 268 g/mol. The molecule has 0 aliphatic heterocycles. The van der Waals surface area contributed by atoms with Crippen LogP contribution in [-0.4, -0.2) is 52.7 Å². The number of nitro benzene ring substituents is 2. The summed E-state index contributed by atoms with van der Waals surface area (Å²) in [7, 11) is 0. The van der Waals surface area contributed by atoms with Gasteiger partial charge in [-0.1, -0.05) is 0 Å². The molecule has 0 radical (unpaired) electrons. The smallest absolute Gasteiger partial charge is 1.00 e. The Morgan fingerprint density at radius 1 is 1.29 bits per heavy atom. The maximum absolute atomic E-state index is 10.9. The Bertz CT molecular complexity index is 619. The third-order valence-electron chi connectivity index (χ3n) is 1.89. The molecule has 0 aliphatic rings. The van der Waals surface area contributed by atoms with E-state index in [1.54, 1.807) is 0 Å².